The molecule has 6 heteroatoms. The van der Waals surface area contributed by atoms with Crippen molar-refractivity contribution in [1.82, 2.24) is 4.98 Å². The van der Waals surface area contributed by atoms with Crippen molar-refractivity contribution in [2.75, 3.05) is 6.67 Å². The third kappa shape index (κ3) is 1.79. The second kappa shape index (κ2) is 3.91. The molecule has 88 valence electrons. The number of nitrogens with two attached hydrogens (primary N) is 1. The first kappa shape index (κ1) is 11.7. The number of hydrogen-bond acceptors (Lipinski definition) is 3. The van der Waals surface area contributed by atoms with Crippen LogP contribution < -0.4 is 5.73 Å². The quantitative estimate of drug-likeness (QED) is 0.795. The van der Waals surface area contributed by atoms with Gasteiger partial charge in [0.15, 0.2) is 0 Å². The van der Waals surface area contributed by atoms with Crippen LogP contribution in [0.3, 0.4) is 0 Å². The SMILES string of the molecule is N[C@](CF)(c1nc(Cl)ccc1F)C1CC1O. The standard InChI is InChI=1S/C10H11ClF2N2O/c11-8-2-1-6(13)9(15-8)10(14,4-12)5-3-7(5)16/h1-2,5,7,16H,3-4,14H2/t5?,7?,10-/m0/s1. The van der Waals surface area contributed by atoms with E-state index in [-0.39, 0.29) is 10.8 Å². The Morgan fingerprint density at radius 2 is 2.25 bits per heavy atom. The van der Waals surface area contributed by atoms with Gasteiger partial charge in [-0.1, -0.05) is 11.6 Å². The molecule has 0 bridgehead atoms. The monoisotopic (exact) mass is 248 g/mol. The van der Waals surface area contributed by atoms with E-state index in [0.29, 0.717) is 6.42 Å². The molecule has 0 amide bonds. The van der Waals surface area contributed by atoms with Crippen LogP contribution in [0.1, 0.15) is 12.1 Å². The zero-order valence-electron chi connectivity index (χ0n) is 8.33. The van der Waals surface area contributed by atoms with Gasteiger partial charge in [0.2, 0.25) is 0 Å². The summed E-state index contributed by atoms with van der Waals surface area (Å²) in [6.07, 6.45) is -0.338. The van der Waals surface area contributed by atoms with Crippen molar-refractivity contribution in [2.24, 2.45) is 11.7 Å². The van der Waals surface area contributed by atoms with Crippen molar-refractivity contribution in [3.05, 3.63) is 28.8 Å². The highest BCUT2D eigenvalue weighted by molar-refractivity contribution is 6.29. The normalized spacial score (nSPS) is 27.6. The van der Waals surface area contributed by atoms with E-state index in [0.717, 1.165) is 6.07 Å². The average Bonchev–Trinajstić information content (AvgIpc) is 2.99. The third-order valence-corrected chi connectivity index (χ3v) is 3.10. The molecule has 1 fully saturated rings. The summed E-state index contributed by atoms with van der Waals surface area (Å²) < 4.78 is 26.5. The average molecular weight is 249 g/mol. The van der Waals surface area contributed by atoms with Crippen LogP contribution in [-0.2, 0) is 5.54 Å². The van der Waals surface area contributed by atoms with Gasteiger partial charge in [0.05, 0.1) is 11.6 Å². The molecule has 1 saturated carbocycles. The van der Waals surface area contributed by atoms with E-state index in [1.54, 1.807) is 0 Å². The van der Waals surface area contributed by atoms with Crippen LogP contribution in [0.2, 0.25) is 5.15 Å². The van der Waals surface area contributed by atoms with Crippen molar-refractivity contribution in [3.8, 4) is 0 Å². The second-order valence-corrected chi connectivity index (χ2v) is 4.44. The van der Waals surface area contributed by atoms with E-state index in [2.05, 4.69) is 4.98 Å². The molecule has 2 rings (SSSR count). The van der Waals surface area contributed by atoms with Gasteiger partial charge >= 0.3 is 0 Å². The van der Waals surface area contributed by atoms with Crippen LogP contribution >= 0.6 is 11.6 Å². The Kier molecular flexibility index (Phi) is 2.86. The Bertz CT molecular complexity index is 418. The minimum atomic E-state index is -1.59. The molecule has 0 spiro atoms. The van der Waals surface area contributed by atoms with Gasteiger partial charge in [0.25, 0.3) is 0 Å². The van der Waals surface area contributed by atoms with Crippen molar-refractivity contribution in [1.29, 1.82) is 0 Å². The predicted octanol–water partition coefficient (Wildman–Crippen LogP) is 1.38. The maximum atomic E-state index is 13.5. The van der Waals surface area contributed by atoms with E-state index < -0.39 is 30.1 Å². The molecule has 3 N–H and O–H groups in total. The van der Waals surface area contributed by atoms with Crippen LogP contribution in [0.25, 0.3) is 0 Å². The molecule has 1 heterocycles. The maximum Gasteiger partial charge on any atom is 0.146 e. The molecule has 0 aliphatic heterocycles. The van der Waals surface area contributed by atoms with E-state index in [1.165, 1.54) is 6.07 Å². The Labute approximate surface area is 96.2 Å². The first-order chi connectivity index (χ1) is 7.49. The molecule has 1 aromatic rings. The summed E-state index contributed by atoms with van der Waals surface area (Å²) in [5.41, 5.74) is 3.98. The number of aliphatic hydroxyl groups excluding tert-OH is 1. The number of nitrogens with zero attached hydrogens (tertiary/aromatic N) is 1. The van der Waals surface area contributed by atoms with Crippen LogP contribution in [0.4, 0.5) is 8.78 Å². The van der Waals surface area contributed by atoms with Crippen LogP contribution in [0, 0.1) is 11.7 Å². The minimum Gasteiger partial charge on any atom is -0.393 e. The summed E-state index contributed by atoms with van der Waals surface area (Å²) in [4.78, 5) is 3.73. The Hall–Kier alpha value is -0.780. The van der Waals surface area contributed by atoms with Gasteiger partial charge in [-0.15, -0.1) is 0 Å². The fraction of sp³-hybridized carbons (Fsp3) is 0.500. The highest BCUT2D eigenvalue weighted by Crippen LogP contribution is 2.44. The molecule has 1 aliphatic rings. The number of aliphatic hydroxyl groups is 1. The number of rotatable bonds is 3. The highest BCUT2D eigenvalue weighted by Gasteiger charge is 2.53. The van der Waals surface area contributed by atoms with Gasteiger partial charge < -0.3 is 10.8 Å². The smallest absolute Gasteiger partial charge is 0.146 e. The summed E-state index contributed by atoms with van der Waals surface area (Å²) >= 11 is 5.62. The molecular weight excluding hydrogens is 238 g/mol. The largest absolute Gasteiger partial charge is 0.393 e. The second-order valence-electron chi connectivity index (χ2n) is 4.05. The predicted molar refractivity (Wildman–Crippen MR) is 55.2 cm³/mol. The van der Waals surface area contributed by atoms with Crippen molar-refractivity contribution in [2.45, 2.75) is 18.1 Å². The molecule has 16 heavy (non-hydrogen) atoms. The first-order valence-corrected chi connectivity index (χ1v) is 5.22. The lowest BCUT2D eigenvalue weighted by molar-refractivity contribution is 0.191. The number of hydrogen-bond donors (Lipinski definition) is 2. The fourth-order valence-electron chi connectivity index (χ4n) is 1.82. The molecule has 2 unspecified atom stereocenters. The van der Waals surface area contributed by atoms with E-state index in [9.17, 15) is 13.9 Å². The van der Waals surface area contributed by atoms with E-state index >= 15 is 0 Å². The molecule has 0 saturated heterocycles. The molecule has 1 aliphatic carbocycles. The number of pyridine rings is 1. The number of halogens is 3. The molecule has 0 aromatic carbocycles. The van der Waals surface area contributed by atoms with Crippen molar-refractivity contribution >= 4 is 11.6 Å². The minimum absolute atomic E-state index is 0.0508. The van der Waals surface area contributed by atoms with Gasteiger partial charge in [-0.2, -0.15) is 0 Å². The van der Waals surface area contributed by atoms with E-state index in [1.807, 2.05) is 0 Å². The topological polar surface area (TPSA) is 59.1 Å². The molecular formula is C10H11ClF2N2O. The summed E-state index contributed by atoms with van der Waals surface area (Å²) in [6, 6.07) is 2.36. The lowest BCUT2D eigenvalue weighted by atomic mass is 9.91. The van der Waals surface area contributed by atoms with Crippen molar-refractivity contribution < 1.29 is 13.9 Å². The van der Waals surface area contributed by atoms with Gasteiger partial charge in [0, 0.05) is 5.92 Å². The van der Waals surface area contributed by atoms with Crippen molar-refractivity contribution in [3.63, 3.8) is 0 Å². The Morgan fingerprint density at radius 3 is 2.75 bits per heavy atom. The maximum absolute atomic E-state index is 13.5. The lowest BCUT2D eigenvalue weighted by Crippen LogP contribution is -2.44. The Morgan fingerprint density at radius 1 is 1.62 bits per heavy atom. The molecule has 0 radical (unpaired) electrons. The summed E-state index contributed by atoms with van der Waals surface area (Å²) in [7, 11) is 0. The lowest BCUT2D eigenvalue weighted by Gasteiger charge is -2.26. The number of alkyl halides is 1. The summed E-state index contributed by atoms with van der Waals surface area (Å²) in [6.45, 7) is -0.987. The summed E-state index contributed by atoms with van der Waals surface area (Å²) in [5, 5.41) is 9.34. The van der Waals surface area contributed by atoms with Crippen LogP contribution in [-0.4, -0.2) is 22.9 Å². The van der Waals surface area contributed by atoms with Gasteiger partial charge in [-0.3, -0.25) is 0 Å². The molecule has 3 atom stereocenters. The zero-order valence-corrected chi connectivity index (χ0v) is 9.09. The first-order valence-electron chi connectivity index (χ1n) is 4.84. The Balaban J connectivity index is 2.43. The number of aromatic nitrogens is 1. The fourth-order valence-corrected chi connectivity index (χ4v) is 1.97. The van der Waals surface area contributed by atoms with Crippen LogP contribution in [0.5, 0.6) is 0 Å². The van der Waals surface area contributed by atoms with Gasteiger partial charge in [-0.25, -0.2) is 13.8 Å². The zero-order chi connectivity index (χ0) is 11.9. The van der Waals surface area contributed by atoms with Gasteiger partial charge in [-0.05, 0) is 18.6 Å². The van der Waals surface area contributed by atoms with Crippen LogP contribution in [0.15, 0.2) is 12.1 Å². The molecule has 1 aromatic heterocycles. The molecule has 3 nitrogen and oxygen atoms in total. The highest BCUT2D eigenvalue weighted by atomic mass is 35.5. The third-order valence-electron chi connectivity index (χ3n) is 2.89. The van der Waals surface area contributed by atoms with Gasteiger partial charge in [0.1, 0.15) is 23.3 Å². The summed E-state index contributed by atoms with van der Waals surface area (Å²) in [5.74, 6) is -1.21. The van der Waals surface area contributed by atoms with E-state index in [4.69, 9.17) is 17.3 Å².